The van der Waals surface area contributed by atoms with E-state index in [1.807, 2.05) is 19.0 Å². The number of carbonyl (C=O) groups excluding carboxylic acids is 1. The van der Waals surface area contributed by atoms with E-state index in [1.165, 1.54) is 64.2 Å². The van der Waals surface area contributed by atoms with Crippen LogP contribution in [-0.2, 0) is 9.53 Å². The molecule has 0 aromatic heterocycles. The fraction of sp³-hybridized carbons (Fsp3) is 0.909. The number of fused-ring (bicyclic) bond motifs is 5. The Kier molecular flexibility index (Phi) is 8.70. The molecule has 4 saturated carbocycles. The van der Waals surface area contributed by atoms with Crippen LogP contribution in [0.5, 0.6) is 0 Å². The van der Waals surface area contributed by atoms with E-state index >= 15 is 0 Å². The fourth-order valence-electron chi connectivity index (χ4n) is 10.0. The molecule has 3 heteroatoms. The van der Waals surface area contributed by atoms with Crippen molar-refractivity contribution in [3.05, 3.63) is 12.2 Å². The number of hydrogen-bond acceptors (Lipinski definition) is 3. The maximum Gasteiger partial charge on any atom is 0.334 e. The highest BCUT2D eigenvalue weighted by Crippen LogP contribution is 2.68. The molecule has 0 bridgehead atoms. The third kappa shape index (κ3) is 5.48. The minimum absolute atomic E-state index is 0.0856. The third-order valence-corrected chi connectivity index (χ3v) is 11.9. The van der Waals surface area contributed by atoms with Crippen LogP contribution in [0.2, 0.25) is 0 Å². The molecule has 0 saturated heterocycles. The molecule has 1 unspecified atom stereocenters. The SMILES string of the molecule is C=C(CN(C)C)C(=O)O[C@H]1CC[C@@]2(C)[C@H](CC[C@@H]3[C@H]2CC[C@]2(C)C([C@H](C)CCCC(C)C)CC[C@H]32)C1. The van der Waals surface area contributed by atoms with E-state index in [1.54, 1.807) is 0 Å². The standard InChI is InChI=1S/C33H57NO2/c1-22(2)10-9-11-23(3)28-14-15-29-27-13-12-25-20-26(36-31(35)24(4)21-34(7)8)16-18-32(25,5)30(27)17-19-33(28,29)6/h22-23,25-30H,4,9-21H2,1-3,5-8H3/t23-,25-,26+,27+,28?,29-,30-,32+,33-/m1/s1. The Bertz CT molecular complexity index is 789. The number of nitrogens with zero attached hydrogens (tertiary/aromatic N) is 1. The van der Waals surface area contributed by atoms with Gasteiger partial charge in [0.25, 0.3) is 0 Å². The molecule has 4 rings (SSSR count). The monoisotopic (exact) mass is 499 g/mol. The van der Waals surface area contributed by atoms with Gasteiger partial charge in [-0.15, -0.1) is 0 Å². The maximum absolute atomic E-state index is 12.6. The lowest BCUT2D eigenvalue weighted by molar-refractivity contribution is -0.159. The minimum Gasteiger partial charge on any atom is -0.459 e. The van der Waals surface area contributed by atoms with Crippen molar-refractivity contribution >= 4 is 5.97 Å². The highest BCUT2D eigenvalue weighted by Gasteiger charge is 2.60. The van der Waals surface area contributed by atoms with Gasteiger partial charge in [0.15, 0.2) is 0 Å². The van der Waals surface area contributed by atoms with Crippen LogP contribution in [0.4, 0.5) is 0 Å². The Morgan fingerprint density at radius 2 is 1.64 bits per heavy atom. The molecular weight excluding hydrogens is 442 g/mol. The molecule has 0 aromatic carbocycles. The smallest absolute Gasteiger partial charge is 0.334 e. The predicted molar refractivity (Wildman–Crippen MR) is 151 cm³/mol. The molecule has 9 atom stereocenters. The van der Waals surface area contributed by atoms with Gasteiger partial charge < -0.3 is 9.64 Å². The van der Waals surface area contributed by atoms with Crippen molar-refractivity contribution in [3.8, 4) is 0 Å². The third-order valence-electron chi connectivity index (χ3n) is 11.9. The Hall–Kier alpha value is -0.830. The Labute approximate surface area is 223 Å². The lowest BCUT2D eigenvalue weighted by atomic mass is 9.44. The van der Waals surface area contributed by atoms with Crippen LogP contribution in [0.3, 0.4) is 0 Å². The van der Waals surface area contributed by atoms with E-state index in [2.05, 4.69) is 41.2 Å². The van der Waals surface area contributed by atoms with E-state index in [-0.39, 0.29) is 12.1 Å². The van der Waals surface area contributed by atoms with Crippen LogP contribution in [-0.4, -0.2) is 37.6 Å². The van der Waals surface area contributed by atoms with Crippen molar-refractivity contribution in [2.24, 2.45) is 52.3 Å². The average Bonchev–Trinajstić information content (AvgIpc) is 3.15. The Balaban J connectivity index is 1.37. The Morgan fingerprint density at radius 3 is 2.33 bits per heavy atom. The van der Waals surface area contributed by atoms with Gasteiger partial charge in [0, 0.05) is 12.1 Å². The molecule has 36 heavy (non-hydrogen) atoms. The number of rotatable bonds is 9. The fourth-order valence-corrected chi connectivity index (χ4v) is 10.0. The zero-order chi connectivity index (χ0) is 26.3. The zero-order valence-electron chi connectivity index (χ0n) is 24.8. The molecule has 0 aliphatic heterocycles. The molecule has 4 aliphatic rings. The quantitative estimate of drug-likeness (QED) is 0.237. The molecule has 4 fully saturated rings. The van der Waals surface area contributed by atoms with Crippen molar-refractivity contribution < 1.29 is 9.53 Å². The molecule has 0 N–H and O–H groups in total. The van der Waals surface area contributed by atoms with Crippen LogP contribution < -0.4 is 0 Å². The number of ether oxygens (including phenoxy) is 1. The lowest BCUT2D eigenvalue weighted by Gasteiger charge is -2.61. The molecule has 0 amide bonds. The minimum atomic E-state index is -0.182. The van der Waals surface area contributed by atoms with E-state index in [0.717, 1.165) is 48.3 Å². The van der Waals surface area contributed by atoms with Crippen molar-refractivity contribution in [2.45, 2.75) is 118 Å². The number of carbonyl (C=O) groups is 1. The maximum atomic E-state index is 12.6. The van der Waals surface area contributed by atoms with Gasteiger partial charge in [0.1, 0.15) is 6.10 Å². The van der Waals surface area contributed by atoms with Crippen LogP contribution in [0.15, 0.2) is 12.2 Å². The normalized spacial score (nSPS) is 40.9. The largest absolute Gasteiger partial charge is 0.459 e. The summed E-state index contributed by atoms with van der Waals surface area (Å²) in [7, 11) is 3.94. The van der Waals surface area contributed by atoms with Crippen molar-refractivity contribution in [3.63, 3.8) is 0 Å². The van der Waals surface area contributed by atoms with E-state index < -0.39 is 0 Å². The second kappa shape index (κ2) is 11.1. The summed E-state index contributed by atoms with van der Waals surface area (Å²) >= 11 is 0. The van der Waals surface area contributed by atoms with Gasteiger partial charge >= 0.3 is 5.97 Å². The van der Waals surface area contributed by atoms with E-state index in [4.69, 9.17) is 4.74 Å². The number of esters is 1. The first-order chi connectivity index (χ1) is 17.0. The van der Waals surface area contributed by atoms with Gasteiger partial charge in [-0.1, -0.05) is 60.5 Å². The summed E-state index contributed by atoms with van der Waals surface area (Å²) in [6, 6.07) is 0. The summed E-state index contributed by atoms with van der Waals surface area (Å²) in [6.07, 6.45) is 16.2. The molecule has 0 heterocycles. The molecule has 206 valence electrons. The van der Waals surface area contributed by atoms with Crippen LogP contribution in [0.1, 0.15) is 112 Å². The number of likely N-dealkylation sites (N-methyl/N-ethyl adjacent to an activating group) is 1. The first kappa shape index (κ1) is 28.2. The van der Waals surface area contributed by atoms with Gasteiger partial charge in [-0.05, 0) is 124 Å². The van der Waals surface area contributed by atoms with Crippen molar-refractivity contribution in [2.75, 3.05) is 20.6 Å². The molecule has 4 aliphatic carbocycles. The average molecular weight is 500 g/mol. The zero-order valence-corrected chi connectivity index (χ0v) is 24.8. The van der Waals surface area contributed by atoms with E-state index in [9.17, 15) is 4.79 Å². The highest BCUT2D eigenvalue weighted by atomic mass is 16.5. The summed E-state index contributed by atoms with van der Waals surface area (Å²) < 4.78 is 5.99. The first-order valence-corrected chi connectivity index (χ1v) is 15.5. The van der Waals surface area contributed by atoms with Crippen LogP contribution in [0, 0.1) is 52.3 Å². The molecule has 0 radical (unpaired) electrons. The topological polar surface area (TPSA) is 29.5 Å². The summed E-state index contributed by atoms with van der Waals surface area (Å²) in [6.45, 7) is 17.2. The predicted octanol–water partition coefficient (Wildman–Crippen LogP) is 8.14. The number of hydrogen-bond donors (Lipinski definition) is 0. The van der Waals surface area contributed by atoms with Crippen molar-refractivity contribution in [1.29, 1.82) is 0 Å². The van der Waals surface area contributed by atoms with Crippen LogP contribution >= 0.6 is 0 Å². The molecule has 0 aromatic rings. The van der Waals surface area contributed by atoms with Gasteiger partial charge in [0.2, 0.25) is 0 Å². The summed E-state index contributed by atoms with van der Waals surface area (Å²) in [5.74, 6) is 5.94. The summed E-state index contributed by atoms with van der Waals surface area (Å²) in [4.78, 5) is 14.6. The van der Waals surface area contributed by atoms with E-state index in [0.29, 0.717) is 28.9 Å². The second-order valence-electron chi connectivity index (χ2n) is 14.8. The summed E-state index contributed by atoms with van der Waals surface area (Å²) in [5.41, 5.74) is 1.59. The van der Waals surface area contributed by atoms with Gasteiger partial charge in [-0.2, -0.15) is 0 Å². The first-order valence-electron chi connectivity index (χ1n) is 15.5. The van der Waals surface area contributed by atoms with Crippen LogP contribution in [0.25, 0.3) is 0 Å². The molecular formula is C33H57NO2. The lowest BCUT2D eigenvalue weighted by Crippen LogP contribution is -2.54. The van der Waals surface area contributed by atoms with Gasteiger partial charge in [0.05, 0.1) is 0 Å². The summed E-state index contributed by atoms with van der Waals surface area (Å²) in [5, 5.41) is 0. The molecule has 3 nitrogen and oxygen atoms in total. The Morgan fingerprint density at radius 1 is 0.944 bits per heavy atom. The second-order valence-corrected chi connectivity index (χ2v) is 14.8. The van der Waals surface area contributed by atoms with Gasteiger partial charge in [-0.3, -0.25) is 0 Å². The molecule has 0 spiro atoms. The van der Waals surface area contributed by atoms with Crippen molar-refractivity contribution in [1.82, 2.24) is 4.90 Å². The van der Waals surface area contributed by atoms with Gasteiger partial charge in [-0.25, -0.2) is 4.79 Å². The highest BCUT2D eigenvalue weighted by molar-refractivity contribution is 5.88.